The Labute approximate surface area is 59.7 Å². The van der Waals surface area contributed by atoms with Crippen molar-refractivity contribution >= 4 is 5.97 Å². The van der Waals surface area contributed by atoms with Crippen LogP contribution in [0.2, 0.25) is 0 Å². The summed E-state index contributed by atoms with van der Waals surface area (Å²) in [6.45, 7) is 4.23. The number of carbonyl (C=O) groups is 1. The van der Waals surface area contributed by atoms with Crippen molar-refractivity contribution < 1.29 is 19.7 Å². The highest BCUT2D eigenvalue weighted by atomic mass is 16.5. The van der Waals surface area contributed by atoms with Crippen molar-refractivity contribution in [2.75, 3.05) is 13.2 Å². The van der Waals surface area contributed by atoms with Crippen LogP contribution in [0.5, 0.6) is 0 Å². The minimum Gasteiger partial charge on any atom is -0.435 e. The van der Waals surface area contributed by atoms with Crippen LogP contribution in [0, 0.1) is 0 Å². The van der Waals surface area contributed by atoms with E-state index in [2.05, 4.69) is 11.3 Å². The van der Waals surface area contributed by atoms with E-state index in [1.807, 2.05) is 0 Å². The molecule has 0 unspecified atom stereocenters. The highest BCUT2D eigenvalue weighted by molar-refractivity contribution is 5.66. The summed E-state index contributed by atoms with van der Waals surface area (Å²) in [5.41, 5.74) is 0. The molecule has 0 bridgehead atoms. The van der Waals surface area contributed by atoms with Gasteiger partial charge < -0.3 is 14.9 Å². The molecule has 0 aliphatic heterocycles. The largest absolute Gasteiger partial charge is 0.435 e. The predicted molar refractivity (Wildman–Crippen MR) is 36.1 cm³/mol. The lowest BCUT2D eigenvalue weighted by molar-refractivity contribution is -0.135. The molecule has 10 heavy (non-hydrogen) atoms. The van der Waals surface area contributed by atoms with Gasteiger partial charge in [-0.25, -0.2) is 0 Å². The second kappa shape index (κ2) is 11.0. The molecule has 0 radical (unpaired) electrons. The van der Waals surface area contributed by atoms with E-state index in [1.54, 1.807) is 0 Å². The topological polar surface area (TPSA) is 66.8 Å². The summed E-state index contributed by atoms with van der Waals surface area (Å²) in [6, 6.07) is 0. The SMILES string of the molecule is C=COC(C)=O.OCCO. The second-order valence-electron chi connectivity index (χ2n) is 1.22. The Morgan fingerprint density at radius 3 is 2.00 bits per heavy atom. The minimum atomic E-state index is -0.329. The Hall–Kier alpha value is -0.870. The van der Waals surface area contributed by atoms with Crippen LogP contribution in [0.15, 0.2) is 12.8 Å². The molecule has 0 aliphatic rings. The third-order valence-corrected chi connectivity index (χ3v) is 0.349. The van der Waals surface area contributed by atoms with Crippen molar-refractivity contribution in [2.24, 2.45) is 0 Å². The molecule has 0 atom stereocenters. The van der Waals surface area contributed by atoms with Crippen molar-refractivity contribution in [3.05, 3.63) is 12.8 Å². The maximum atomic E-state index is 9.75. The van der Waals surface area contributed by atoms with E-state index in [1.165, 1.54) is 6.92 Å². The average Bonchev–Trinajstić information content (AvgIpc) is 1.89. The fraction of sp³-hybridized carbons (Fsp3) is 0.500. The first-order valence-corrected chi connectivity index (χ1v) is 2.68. The van der Waals surface area contributed by atoms with E-state index in [0.29, 0.717) is 0 Å². The van der Waals surface area contributed by atoms with Gasteiger partial charge in [0.05, 0.1) is 19.5 Å². The fourth-order valence-electron chi connectivity index (χ4n) is 0.117. The third-order valence-electron chi connectivity index (χ3n) is 0.349. The lowest BCUT2D eigenvalue weighted by atomic mass is 10.8. The van der Waals surface area contributed by atoms with Gasteiger partial charge in [0.2, 0.25) is 0 Å². The summed E-state index contributed by atoms with van der Waals surface area (Å²) >= 11 is 0. The van der Waals surface area contributed by atoms with Crippen molar-refractivity contribution in [3.8, 4) is 0 Å². The fourth-order valence-corrected chi connectivity index (χ4v) is 0.117. The number of ether oxygens (including phenoxy) is 1. The van der Waals surface area contributed by atoms with Gasteiger partial charge in [-0.15, -0.1) is 0 Å². The first-order chi connectivity index (χ1) is 4.68. The lowest BCUT2D eigenvalue weighted by Gasteiger charge is -1.83. The van der Waals surface area contributed by atoms with E-state index < -0.39 is 0 Å². The van der Waals surface area contributed by atoms with Crippen LogP contribution in [0.1, 0.15) is 6.92 Å². The molecule has 0 aromatic heterocycles. The lowest BCUT2D eigenvalue weighted by Crippen LogP contribution is -1.87. The van der Waals surface area contributed by atoms with Crippen LogP contribution in [-0.4, -0.2) is 29.4 Å². The van der Waals surface area contributed by atoms with Crippen LogP contribution >= 0.6 is 0 Å². The van der Waals surface area contributed by atoms with Gasteiger partial charge in [-0.2, -0.15) is 0 Å². The number of hydrogen-bond acceptors (Lipinski definition) is 4. The van der Waals surface area contributed by atoms with Crippen molar-refractivity contribution in [1.82, 2.24) is 0 Å². The summed E-state index contributed by atoms with van der Waals surface area (Å²) < 4.78 is 4.17. The summed E-state index contributed by atoms with van der Waals surface area (Å²) in [7, 11) is 0. The number of aliphatic hydroxyl groups is 2. The van der Waals surface area contributed by atoms with Crippen molar-refractivity contribution in [2.45, 2.75) is 6.92 Å². The van der Waals surface area contributed by atoms with E-state index in [-0.39, 0.29) is 19.2 Å². The molecule has 0 heterocycles. The predicted octanol–water partition coefficient (Wildman–Crippen LogP) is -0.336. The van der Waals surface area contributed by atoms with Crippen molar-refractivity contribution in [3.63, 3.8) is 0 Å². The second-order valence-corrected chi connectivity index (χ2v) is 1.22. The third kappa shape index (κ3) is 27.3. The molecule has 0 saturated carbocycles. The first kappa shape index (κ1) is 11.9. The summed E-state index contributed by atoms with van der Waals surface area (Å²) in [6.07, 6.45) is 1.10. The first-order valence-electron chi connectivity index (χ1n) is 2.68. The van der Waals surface area contributed by atoms with Gasteiger partial charge in [0.1, 0.15) is 0 Å². The minimum absolute atomic E-state index is 0.125. The smallest absolute Gasteiger partial charge is 0.307 e. The van der Waals surface area contributed by atoms with E-state index >= 15 is 0 Å². The average molecular weight is 148 g/mol. The van der Waals surface area contributed by atoms with Gasteiger partial charge in [0.25, 0.3) is 0 Å². The molecule has 0 rings (SSSR count). The molecule has 4 nitrogen and oxygen atoms in total. The van der Waals surface area contributed by atoms with Crippen LogP contribution in [0.4, 0.5) is 0 Å². The molecule has 0 aliphatic carbocycles. The Kier molecular flexibility index (Phi) is 13.1. The molecule has 0 saturated heterocycles. The number of hydrogen-bond donors (Lipinski definition) is 2. The zero-order chi connectivity index (χ0) is 8.41. The number of esters is 1. The van der Waals surface area contributed by atoms with Gasteiger partial charge in [-0.05, 0) is 0 Å². The Balaban J connectivity index is 0. The van der Waals surface area contributed by atoms with Gasteiger partial charge >= 0.3 is 5.97 Å². The van der Waals surface area contributed by atoms with Crippen molar-refractivity contribution in [1.29, 1.82) is 0 Å². The van der Waals surface area contributed by atoms with Gasteiger partial charge in [-0.3, -0.25) is 4.79 Å². The van der Waals surface area contributed by atoms with Crippen LogP contribution in [0.25, 0.3) is 0 Å². The quantitative estimate of drug-likeness (QED) is 0.415. The molecule has 4 heteroatoms. The standard InChI is InChI=1S/C4H6O2.C2H6O2/c1-3-6-4(2)5;3-1-2-4/h3H,1H2,2H3;3-4H,1-2H2. The molecular weight excluding hydrogens is 136 g/mol. The maximum Gasteiger partial charge on any atom is 0.307 e. The highest BCUT2D eigenvalue weighted by Crippen LogP contribution is 1.70. The molecular formula is C6H12O4. The number of rotatable bonds is 2. The van der Waals surface area contributed by atoms with Crippen LogP contribution < -0.4 is 0 Å². The molecule has 0 amide bonds. The van der Waals surface area contributed by atoms with E-state index in [9.17, 15) is 4.79 Å². The normalized spacial score (nSPS) is 7.10. The van der Waals surface area contributed by atoms with Crippen LogP contribution in [0.3, 0.4) is 0 Å². The summed E-state index contributed by atoms with van der Waals surface area (Å²) in [5, 5.41) is 15.2. The molecule has 2 N–H and O–H groups in total. The van der Waals surface area contributed by atoms with Gasteiger partial charge in [-0.1, -0.05) is 6.58 Å². The molecule has 0 aromatic carbocycles. The molecule has 60 valence electrons. The number of carbonyl (C=O) groups excluding carboxylic acids is 1. The van der Waals surface area contributed by atoms with E-state index in [4.69, 9.17) is 10.2 Å². The molecule has 0 fully saturated rings. The monoisotopic (exact) mass is 148 g/mol. The number of aliphatic hydroxyl groups excluding tert-OH is 2. The van der Waals surface area contributed by atoms with E-state index in [0.717, 1.165) is 6.26 Å². The molecule has 0 aromatic rings. The maximum absolute atomic E-state index is 9.75. The summed E-state index contributed by atoms with van der Waals surface area (Å²) in [4.78, 5) is 9.75. The Morgan fingerprint density at radius 2 is 2.00 bits per heavy atom. The van der Waals surface area contributed by atoms with Gasteiger partial charge in [0.15, 0.2) is 0 Å². The Bertz CT molecular complexity index is 87.7. The zero-order valence-electron chi connectivity index (χ0n) is 5.91. The molecule has 0 spiro atoms. The summed E-state index contributed by atoms with van der Waals surface area (Å²) in [5.74, 6) is -0.329. The zero-order valence-corrected chi connectivity index (χ0v) is 5.91. The highest BCUT2D eigenvalue weighted by Gasteiger charge is 1.79. The van der Waals surface area contributed by atoms with Crippen LogP contribution in [-0.2, 0) is 9.53 Å². The van der Waals surface area contributed by atoms with Gasteiger partial charge in [0, 0.05) is 6.92 Å². The Morgan fingerprint density at radius 1 is 1.60 bits per heavy atom.